The molecule has 1 fully saturated rings. The summed E-state index contributed by atoms with van der Waals surface area (Å²) in [5.41, 5.74) is 1.77. The Bertz CT molecular complexity index is 1500. The average Bonchev–Trinajstić information content (AvgIpc) is 2.96. The normalized spacial score (nSPS) is 17.2. The van der Waals surface area contributed by atoms with Crippen LogP contribution in [0, 0.1) is 0 Å². The van der Waals surface area contributed by atoms with Gasteiger partial charge in [0.1, 0.15) is 16.2 Å². The molecule has 0 unspecified atom stereocenters. The minimum absolute atomic E-state index is 0.0103. The topological polar surface area (TPSA) is 123 Å². The van der Waals surface area contributed by atoms with Gasteiger partial charge in [0.2, 0.25) is 5.95 Å². The molecule has 4 rings (SSSR count). The van der Waals surface area contributed by atoms with Crippen molar-refractivity contribution in [2.24, 2.45) is 0 Å². The van der Waals surface area contributed by atoms with Crippen LogP contribution in [0.3, 0.4) is 0 Å². The van der Waals surface area contributed by atoms with Gasteiger partial charge in [-0.1, -0.05) is 29.8 Å². The second-order valence-electron chi connectivity index (χ2n) is 11.7. The number of ether oxygens (including phenoxy) is 2. The molecule has 43 heavy (non-hydrogen) atoms. The van der Waals surface area contributed by atoms with E-state index in [0.717, 1.165) is 36.8 Å². The molecule has 1 amide bonds. The lowest BCUT2D eigenvalue weighted by molar-refractivity contribution is 0.0185. The van der Waals surface area contributed by atoms with Gasteiger partial charge in [-0.2, -0.15) is 0 Å². The van der Waals surface area contributed by atoms with Gasteiger partial charge in [-0.05, 0) is 88.6 Å². The summed E-state index contributed by atoms with van der Waals surface area (Å²) in [5, 5.41) is 3.58. The molecular formula is C31H40ClN5O5S. The average molecular weight is 630 g/mol. The van der Waals surface area contributed by atoms with E-state index in [1.807, 2.05) is 46.3 Å². The second kappa shape index (κ2) is 13.8. The van der Waals surface area contributed by atoms with Crippen LogP contribution in [-0.4, -0.2) is 61.2 Å². The molecule has 3 aromatic rings. The third-order valence-corrected chi connectivity index (χ3v) is 9.19. The fraction of sp³-hybridized carbons (Fsp3) is 0.452. The molecule has 0 bridgehead atoms. The molecule has 0 spiro atoms. The number of sulfonamides is 1. The van der Waals surface area contributed by atoms with Gasteiger partial charge in [-0.3, -0.25) is 4.72 Å². The lowest BCUT2D eigenvalue weighted by Crippen LogP contribution is -2.43. The maximum atomic E-state index is 12.8. The quantitative estimate of drug-likeness (QED) is 0.267. The van der Waals surface area contributed by atoms with E-state index in [1.54, 1.807) is 36.3 Å². The van der Waals surface area contributed by atoms with Crippen LogP contribution >= 0.6 is 11.6 Å². The van der Waals surface area contributed by atoms with Gasteiger partial charge in [-0.25, -0.2) is 23.2 Å². The molecule has 0 radical (unpaired) electrons. The zero-order chi connectivity index (χ0) is 31.2. The van der Waals surface area contributed by atoms with E-state index in [-0.39, 0.29) is 28.1 Å². The molecule has 1 aliphatic carbocycles. The summed E-state index contributed by atoms with van der Waals surface area (Å²) in [4.78, 5) is 23.2. The lowest BCUT2D eigenvalue weighted by atomic mass is 9.90. The minimum Gasteiger partial charge on any atom is -0.496 e. The number of methoxy groups -OCH3 is 1. The third kappa shape index (κ3) is 8.96. The minimum atomic E-state index is -3.85. The molecule has 0 saturated heterocycles. The predicted octanol–water partition coefficient (Wildman–Crippen LogP) is 6.31. The number of benzene rings is 2. The van der Waals surface area contributed by atoms with Crippen molar-refractivity contribution in [3.05, 3.63) is 71.0 Å². The van der Waals surface area contributed by atoms with Gasteiger partial charge in [0.15, 0.2) is 0 Å². The number of aromatic nitrogens is 2. The summed E-state index contributed by atoms with van der Waals surface area (Å²) in [6, 6.07) is 11.9. The van der Waals surface area contributed by atoms with Crippen LogP contribution in [0.1, 0.15) is 57.6 Å². The lowest BCUT2D eigenvalue weighted by Gasteiger charge is -2.35. The Morgan fingerprint density at radius 1 is 1.05 bits per heavy atom. The highest BCUT2D eigenvalue weighted by Gasteiger charge is 2.29. The van der Waals surface area contributed by atoms with Gasteiger partial charge in [0, 0.05) is 37.6 Å². The highest BCUT2D eigenvalue weighted by molar-refractivity contribution is 7.92. The van der Waals surface area contributed by atoms with Crippen molar-refractivity contribution in [1.29, 1.82) is 0 Å². The van der Waals surface area contributed by atoms with Crippen LogP contribution < -0.4 is 14.8 Å². The summed E-state index contributed by atoms with van der Waals surface area (Å²) in [5.74, 6) is 1.16. The molecule has 1 aromatic heterocycles. The Morgan fingerprint density at radius 3 is 2.35 bits per heavy atom. The van der Waals surface area contributed by atoms with Gasteiger partial charge in [0.05, 0.1) is 17.8 Å². The number of hydrogen-bond acceptors (Lipinski definition) is 8. The molecule has 1 aliphatic rings. The van der Waals surface area contributed by atoms with E-state index in [2.05, 4.69) is 20.0 Å². The van der Waals surface area contributed by atoms with Crippen LogP contribution in [0.15, 0.2) is 59.8 Å². The number of carbonyl (C=O) groups is 1. The first kappa shape index (κ1) is 32.3. The molecule has 10 nitrogen and oxygen atoms in total. The highest BCUT2D eigenvalue weighted by atomic mass is 35.5. The van der Waals surface area contributed by atoms with E-state index in [1.165, 1.54) is 12.1 Å². The number of amides is 1. The first-order valence-electron chi connectivity index (χ1n) is 14.3. The Morgan fingerprint density at radius 2 is 1.72 bits per heavy atom. The van der Waals surface area contributed by atoms with Crippen molar-refractivity contribution in [2.45, 2.75) is 81.9 Å². The summed E-state index contributed by atoms with van der Waals surface area (Å²) in [6.45, 7) is 5.62. The monoisotopic (exact) mass is 629 g/mol. The molecule has 2 aromatic carbocycles. The van der Waals surface area contributed by atoms with Crippen molar-refractivity contribution in [2.75, 3.05) is 24.2 Å². The SMILES string of the molecule is COc1cc(NS(=O)(=O)c2ccccc2Cl)ccc1CCc1cnc(NC2CCC(N(C)C(=O)OC(C)(C)C)CC2)nc1. The first-order valence-corrected chi connectivity index (χ1v) is 16.2. The van der Waals surface area contributed by atoms with Crippen LogP contribution in [0.5, 0.6) is 5.75 Å². The molecule has 0 atom stereocenters. The number of nitrogens with one attached hydrogen (secondary N) is 2. The van der Waals surface area contributed by atoms with Crippen LogP contribution in [0.4, 0.5) is 16.4 Å². The van der Waals surface area contributed by atoms with Gasteiger partial charge < -0.3 is 19.7 Å². The summed E-state index contributed by atoms with van der Waals surface area (Å²) >= 11 is 6.08. The van der Waals surface area contributed by atoms with Crippen molar-refractivity contribution in [3.63, 3.8) is 0 Å². The number of aryl methyl sites for hydroxylation is 2. The molecule has 232 valence electrons. The number of halogens is 1. The Balaban J connectivity index is 1.28. The van der Waals surface area contributed by atoms with Crippen molar-refractivity contribution in [1.82, 2.24) is 14.9 Å². The Labute approximate surface area is 259 Å². The van der Waals surface area contributed by atoms with Crippen molar-refractivity contribution in [3.8, 4) is 5.75 Å². The van der Waals surface area contributed by atoms with Gasteiger partial charge in [-0.15, -0.1) is 0 Å². The standard InChI is InChI=1S/C31H40ClN5O5S/c1-31(2,3)42-30(38)37(4)25-16-14-23(15-17-25)35-29-33-19-21(20-34-29)10-11-22-12-13-24(18-27(22)41-5)36-43(39,40)28-9-7-6-8-26(28)32/h6-9,12-13,18-20,23,25,36H,10-11,14-17H2,1-5H3,(H,33,34,35). The molecule has 0 aliphatic heterocycles. The zero-order valence-corrected chi connectivity index (χ0v) is 26.8. The van der Waals surface area contributed by atoms with Crippen LogP contribution in [-0.2, 0) is 27.6 Å². The second-order valence-corrected chi connectivity index (χ2v) is 13.8. The molecule has 12 heteroatoms. The summed E-state index contributed by atoms with van der Waals surface area (Å²) in [6.07, 6.45) is 8.28. The number of nitrogens with zero attached hydrogens (tertiary/aromatic N) is 3. The maximum absolute atomic E-state index is 12.8. The number of carbonyl (C=O) groups excluding carboxylic acids is 1. The van der Waals surface area contributed by atoms with Gasteiger partial charge in [0.25, 0.3) is 10.0 Å². The maximum Gasteiger partial charge on any atom is 0.410 e. The fourth-order valence-corrected chi connectivity index (χ4v) is 6.57. The van der Waals surface area contributed by atoms with E-state index >= 15 is 0 Å². The Kier molecular flexibility index (Phi) is 10.4. The molecule has 1 saturated carbocycles. The van der Waals surface area contributed by atoms with E-state index < -0.39 is 15.6 Å². The van der Waals surface area contributed by atoms with E-state index in [4.69, 9.17) is 21.1 Å². The first-order chi connectivity index (χ1) is 20.3. The van der Waals surface area contributed by atoms with Crippen LogP contribution in [0.25, 0.3) is 0 Å². The van der Waals surface area contributed by atoms with Crippen molar-refractivity contribution >= 4 is 39.4 Å². The van der Waals surface area contributed by atoms with Crippen molar-refractivity contribution < 1.29 is 22.7 Å². The predicted molar refractivity (Wildman–Crippen MR) is 168 cm³/mol. The summed E-state index contributed by atoms with van der Waals surface area (Å²) < 4.78 is 39.2. The number of anilines is 2. The molecular weight excluding hydrogens is 590 g/mol. The zero-order valence-electron chi connectivity index (χ0n) is 25.3. The van der Waals surface area contributed by atoms with E-state index in [9.17, 15) is 13.2 Å². The largest absolute Gasteiger partial charge is 0.496 e. The molecule has 1 heterocycles. The molecule has 2 N–H and O–H groups in total. The smallest absolute Gasteiger partial charge is 0.410 e. The fourth-order valence-electron chi connectivity index (χ4n) is 5.00. The summed E-state index contributed by atoms with van der Waals surface area (Å²) in [7, 11) is -0.488. The van der Waals surface area contributed by atoms with Gasteiger partial charge >= 0.3 is 6.09 Å². The number of hydrogen-bond donors (Lipinski definition) is 2. The number of rotatable bonds is 10. The third-order valence-electron chi connectivity index (χ3n) is 7.31. The van der Waals surface area contributed by atoms with Crippen LogP contribution in [0.2, 0.25) is 5.02 Å². The highest BCUT2D eigenvalue weighted by Crippen LogP contribution is 2.29. The van der Waals surface area contributed by atoms with E-state index in [0.29, 0.717) is 30.2 Å². The Hall–Kier alpha value is -3.57.